The summed E-state index contributed by atoms with van der Waals surface area (Å²) < 4.78 is 64.3. The Labute approximate surface area is 87.8 Å². The molecule has 1 rings (SSSR count). The zero-order valence-electron chi connectivity index (χ0n) is 16.0. The standard InChI is InChI=1S/C10H22N2/c1-9(2)11-5-7-12(8-6-11)10(3)4/h9-10H,5-8H2,1-4H3/i5D2,6D2,7D2,8D2. The molecule has 1 fully saturated rings. The van der Waals surface area contributed by atoms with Crippen molar-refractivity contribution in [2.75, 3.05) is 26.0 Å². The summed E-state index contributed by atoms with van der Waals surface area (Å²) in [6.45, 7) is -4.58. The van der Waals surface area contributed by atoms with Crippen LogP contribution in [-0.4, -0.2) is 47.9 Å². The highest BCUT2D eigenvalue weighted by Crippen LogP contribution is 2.07. The highest BCUT2D eigenvalue weighted by molar-refractivity contribution is 4.75. The molecule has 1 saturated heterocycles. The molecule has 0 unspecified atom stereocenters. The number of nitrogens with zero attached hydrogens (tertiary/aromatic N) is 2. The maximum Gasteiger partial charge on any atom is 0.0444 e. The molecule has 2 heteroatoms. The Hall–Kier alpha value is -0.0800. The Bertz CT molecular complexity index is 315. The molecule has 1 aliphatic rings. The van der Waals surface area contributed by atoms with Gasteiger partial charge in [-0.1, -0.05) is 0 Å². The first-order chi connectivity index (χ1) is 8.63. The molecule has 0 N–H and O–H groups in total. The van der Waals surface area contributed by atoms with Crippen molar-refractivity contribution in [2.45, 2.75) is 39.8 Å². The maximum absolute atomic E-state index is 8.04. The monoisotopic (exact) mass is 178 g/mol. The van der Waals surface area contributed by atoms with Crippen LogP contribution < -0.4 is 0 Å². The summed E-state index contributed by atoms with van der Waals surface area (Å²) in [7, 11) is 0. The van der Waals surface area contributed by atoms with E-state index in [0.29, 0.717) is 9.80 Å². The van der Waals surface area contributed by atoms with Gasteiger partial charge in [0.1, 0.15) is 0 Å². The minimum absolute atomic E-state index is 0.652. The van der Waals surface area contributed by atoms with Gasteiger partial charge in [0.25, 0.3) is 0 Å². The van der Waals surface area contributed by atoms with Crippen molar-refractivity contribution < 1.29 is 11.0 Å². The second-order valence-electron chi connectivity index (χ2n) is 3.37. The van der Waals surface area contributed by atoms with Crippen molar-refractivity contribution in [3.63, 3.8) is 0 Å². The zero-order chi connectivity index (χ0) is 16.3. The van der Waals surface area contributed by atoms with Gasteiger partial charge in [0, 0.05) is 49.0 Å². The fourth-order valence-electron chi connectivity index (χ4n) is 0.788. The molecular weight excluding hydrogens is 148 g/mol. The van der Waals surface area contributed by atoms with E-state index in [1.807, 2.05) is 0 Å². The summed E-state index contributed by atoms with van der Waals surface area (Å²) in [5.74, 6) is 0. The molecule has 0 aromatic rings. The molecular formula is C10H22N2. The predicted octanol–water partition coefficient (Wildman–Crippen LogP) is 1.42. The van der Waals surface area contributed by atoms with Crippen LogP contribution in [0.4, 0.5) is 0 Å². The van der Waals surface area contributed by atoms with Crippen LogP contribution in [0.1, 0.15) is 38.7 Å². The van der Waals surface area contributed by atoms with E-state index in [9.17, 15) is 0 Å². The largest absolute Gasteiger partial charge is 0.298 e. The van der Waals surface area contributed by atoms with Gasteiger partial charge in [0.05, 0.1) is 0 Å². The molecule has 0 saturated carbocycles. The molecule has 0 aromatic carbocycles. The van der Waals surface area contributed by atoms with Crippen LogP contribution in [-0.2, 0) is 0 Å². The Morgan fingerprint density at radius 2 is 1.08 bits per heavy atom. The fourth-order valence-corrected chi connectivity index (χ4v) is 0.788. The lowest BCUT2D eigenvalue weighted by molar-refractivity contribution is 0.0887. The Morgan fingerprint density at radius 3 is 1.25 bits per heavy atom. The van der Waals surface area contributed by atoms with Crippen LogP contribution in [0.2, 0.25) is 0 Å². The first kappa shape index (κ1) is 3.58. The summed E-state index contributed by atoms with van der Waals surface area (Å²) >= 11 is 0. The number of piperazine rings is 1. The van der Waals surface area contributed by atoms with Gasteiger partial charge in [-0.3, -0.25) is 9.80 Å². The predicted molar refractivity (Wildman–Crippen MR) is 53.4 cm³/mol. The van der Waals surface area contributed by atoms with E-state index in [2.05, 4.69) is 0 Å². The molecule has 0 aliphatic carbocycles. The van der Waals surface area contributed by atoms with E-state index in [1.165, 1.54) is 27.7 Å². The molecule has 1 heterocycles. The summed E-state index contributed by atoms with van der Waals surface area (Å²) in [4.78, 5) is 1.30. The first-order valence-corrected chi connectivity index (χ1v) is 4.22. The average molecular weight is 178 g/mol. The van der Waals surface area contributed by atoms with Crippen LogP contribution in [0.15, 0.2) is 0 Å². The normalized spacial score (nSPS) is 49.2. The van der Waals surface area contributed by atoms with Crippen LogP contribution in [0, 0.1) is 0 Å². The third-order valence-corrected chi connectivity index (χ3v) is 1.61. The molecule has 1 aliphatic heterocycles. The summed E-state index contributed by atoms with van der Waals surface area (Å²) in [6.07, 6.45) is 0. The van der Waals surface area contributed by atoms with Crippen molar-refractivity contribution in [2.24, 2.45) is 0 Å². The molecule has 0 spiro atoms. The fraction of sp³-hybridized carbons (Fsp3) is 1.00. The third-order valence-electron chi connectivity index (χ3n) is 1.61. The van der Waals surface area contributed by atoms with Crippen molar-refractivity contribution in [3.8, 4) is 0 Å². The van der Waals surface area contributed by atoms with Crippen LogP contribution in [0.25, 0.3) is 0 Å². The van der Waals surface area contributed by atoms with Crippen molar-refractivity contribution in [1.29, 1.82) is 0 Å². The van der Waals surface area contributed by atoms with Gasteiger partial charge in [0.2, 0.25) is 0 Å². The SMILES string of the molecule is [2H]C1([2H])N(C(C)C)C([2H])([2H])C([2H])([2H])N(C(C)C)C1([2H])[2H]. The van der Waals surface area contributed by atoms with Gasteiger partial charge in [-0.2, -0.15) is 0 Å². The molecule has 12 heavy (non-hydrogen) atoms. The Morgan fingerprint density at radius 1 is 0.833 bits per heavy atom. The van der Waals surface area contributed by atoms with Crippen LogP contribution in [0.3, 0.4) is 0 Å². The molecule has 0 bridgehead atoms. The second-order valence-corrected chi connectivity index (χ2v) is 3.37. The lowest BCUT2D eigenvalue weighted by atomic mass is 10.2. The highest BCUT2D eigenvalue weighted by Gasteiger charge is 2.19. The molecule has 0 aromatic heterocycles. The quantitative estimate of drug-likeness (QED) is 0.631. The van der Waals surface area contributed by atoms with E-state index >= 15 is 0 Å². The second kappa shape index (κ2) is 4.24. The molecule has 0 amide bonds. The van der Waals surface area contributed by atoms with Gasteiger partial charge in [-0.25, -0.2) is 0 Å². The summed E-state index contributed by atoms with van der Waals surface area (Å²) in [5, 5.41) is 0. The zero-order valence-corrected chi connectivity index (χ0v) is 8.05. The van der Waals surface area contributed by atoms with E-state index < -0.39 is 38.1 Å². The minimum atomic E-state index is -2.67. The van der Waals surface area contributed by atoms with Crippen molar-refractivity contribution in [1.82, 2.24) is 9.80 Å². The third kappa shape index (κ3) is 2.46. The smallest absolute Gasteiger partial charge is 0.0444 e. The topological polar surface area (TPSA) is 6.48 Å². The summed E-state index contributed by atoms with van der Waals surface area (Å²) in [5.41, 5.74) is 0. The number of rotatable bonds is 2. The minimum Gasteiger partial charge on any atom is -0.298 e. The van der Waals surface area contributed by atoms with Gasteiger partial charge < -0.3 is 0 Å². The van der Waals surface area contributed by atoms with Gasteiger partial charge >= 0.3 is 0 Å². The maximum atomic E-state index is 8.04. The van der Waals surface area contributed by atoms with E-state index in [1.54, 1.807) is 0 Å². The van der Waals surface area contributed by atoms with Gasteiger partial charge in [0.15, 0.2) is 0 Å². The molecule has 2 nitrogen and oxygen atoms in total. The Kier molecular flexibility index (Phi) is 1.27. The highest BCUT2D eigenvalue weighted by atomic mass is 15.3. The molecule has 72 valence electrons. The molecule has 0 radical (unpaired) electrons. The number of hydrogen-bond acceptors (Lipinski definition) is 2. The van der Waals surface area contributed by atoms with Crippen molar-refractivity contribution in [3.05, 3.63) is 0 Å². The van der Waals surface area contributed by atoms with E-state index in [4.69, 9.17) is 11.0 Å². The summed E-state index contributed by atoms with van der Waals surface area (Å²) in [6, 6.07) is -1.39. The first-order valence-electron chi connectivity index (χ1n) is 8.22. The lowest BCUT2D eigenvalue weighted by Crippen LogP contribution is -2.50. The van der Waals surface area contributed by atoms with E-state index in [-0.39, 0.29) is 0 Å². The van der Waals surface area contributed by atoms with E-state index in [0.717, 1.165) is 0 Å². The lowest BCUT2D eigenvalue weighted by Gasteiger charge is -2.38. The van der Waals surface area contributed by atoms with Crippen molar-refractivity contribution >= 4 is 0 Å². The number of hydrogen-bond donors (Lipinski definition) is 0. The van der Waals surface area contributed by atoms with Gasteiger partial charge in [-0.05, 0) is 27.7 Å². The van der Waals surface area contributed by atoms with Crippen LogP contribution >= 0.6 is 0 Å². The average Bonchev–Trinajstić information content (AvgIpc) is 2.10. The molecule has 0 atom stereocenters. The van der Waals surface area contributed by atoms with Gasteiger partial charge in [-0.15, -0.1) is 0 Å². The van der Waals surface area contributed by atoms with Crippen LogP contribution in [0.5, 0.6) is 0 Å². The Balaban J connectivity index is 3.61.